The molecule has 2 aromatic rings. The highest BCUT2D eigenvalue weighted by molar-refractivity contribution is 5.35. The number of benzene rings is 1. The van der Waals surface area contributed by atoms with Gasteiger partial charge in [-0.2, -0.15) is 5.10 Å². The Morgan fingerprint density at radius 2 is 1.79 bits per heavy atom. The van der Waals surface area contributed by atoms with E-state index < -0.39 is 12.5 Å². The molecule has 0 radical (unpaired) electrons. The first-order valence-electron chi connectivity index (χ1n) is 5.66. The molecule has 0 saturated carbocycles. The van der Waals surface area contributed by atoms with Crippen molar-refractivity contribution in [1.82, 2.24) is 9.78 Å². The molecule has 0 aliphatic carbocycles. The lowest BCUT2D eigenvalue weighted by atomic mass is 10.0. The van der Waals surface area contributed by atoms with E-state index in [2.05, 4.69) is 5.10 Å². The zero-order valence-electron chi connectivity index (χ0n) is 10.5. The second kappa shape index (κ2) is 5.36. The Kier molecular flexibility index (Phi) is 3.80. The first-order valence-corrected chi connectivity index (χ1v) is 5.66. The predicted molar refractivity (Wildman–Crippen MR) is 65.2 cm³/mol. The van der Waals surface area contributed by atoms with Crippen LogP contribution in [0.25, 0.3) is 0 Å². The van der Waals surface area contributed by atoms with E-state index in [0.29, 0.717) is 17.0 Å². The van der Waals surface area contributed by atoms with Gasteiger partial charge in [0, 0.05) is 12.6 Å². The monoisotopic (exact) mass is 268 g/mol. The molecular formula is C13H14F2N2O2. The Labute approximate surface area is 109 Å². The number of hydrogen-bond acceptors (Lipinski definition) is 3. The fourth-order valence-electron chi connectivity index (χ4n) is 1.88. The molecule has 102 valence electrons. The summed E-state index contributed by atoms with van der Waals surface area (Å²) in [6.07, 6.45) is -2.00. The van der Waals surface area contributed by atoms with E-state index in [4.69, 9.17) is 4.74 Å². The number of hydrogen-bond donors (Lipinski definition) is 1. The topological polar surface area (TPSA) is 47.3 Å². The largest absolute Gasteiger partial charge is 0.493 e. The van der Waals surface area contributed by atoms with E-state index in [-0.39, 0.29) is 5.56 Å². The summed E-state index contributed by atoms with van der Waals surface area (Å²) in [5, 5.41) is 14.3. The Balaban J connectivity index is 2.33. The predicted octanol–water partition coefficient (Wildman–Crippen LogP) is 2.45. The summed E-state index contributed by atoms with van der Waals surface area (Å²) in [6, 6.07) is 5.54. The lowest BCUT2D eigenvalue weighted by Crippen LogP contribution is -2.08. The Bertz CT molecular complexity index is 552. The maximum atomic E-state index is 12.5. The van der Waals surface area contributed by atoms with Crippen LogP contribution in [0.3, 0.4) is 0 Å². The number of aliphatic hydroxyl groups is 1. The maximum absolute atomic E-state index is 12.5. The zero-order valence-corrected chi connectivity index (χ0v) is 10.5. The molecule has 0 aliphatic heterocycles. The molecule has 0 aliphatic rings. The van der Waals surface area contributed by atoms with Crippen LogP contribution in [0.5, 0.6) is 5.75 Å². The van der Waals surface area contributed by atoms with E-state index in [1.165, 1.54) is 42.3 Å². The van der Waals surface area contributed by atoms with Crippen molar-refractivity contribution < 1.29 is 18.6 Å². The van der Waals surface area contributed by atoms with Crippen LogP contribution in [0.4, 0.5) is 8.78 Å². The van der Waals surface area contributed by atoms with Crippen molar-refractivity contribution in [3.8, 4) is 5.75 Å². The van der Waals surface area contributed by atoms with Gasteiger partial charge in [0.05, 0.1) is 13.3 Å². The van der Waals surface area contributed by atoms with Crippen LogP contribution in [-0.4, -0.2) is 22.0 Å². The quantitative estimate of drug-likeness (QED) is 0.926. The van der Waals surface area contributed by atoms with Gasteiger partial charge in [-0.25, -0.2) is 8.78 Å². The highest BCUT2D eigenvalue weighted by Gasteiger charge is 2.20. The van der Waals surface area contributed by atoms with Gasteiger partial charge in [-0.1, -0.05) is 24.3 Å². The van der Waals surface area contributed by atoms with E-state index in [1.807, 2.05) is 0 Å². The lowest BCUT2D eigenvalue weighted by Gasteiger charge is -2.13. The molecule has 2 rings (SSSR count). The molecule has 0 bridgehead atoms. The molecule has 0 saturated heterocycles. The molecule has 6 heteroatoms. The number of aromatic nitrogens is 2. The van der Waals surface area contributed by atoms with Gasteiger partial charge in [-0.05, 0) is 5.56 Å². The van der Waals surface area contributed by atoms with Crippen LogP contribution in [-0.2, 0) is 7.05 Å². The minimum Gasteiger partial charge on any atom is -0.493 e. The number of ether oxygens (including phenoxy) is 1. The van der Waals surface area contributed by atoms with E-state index in [1.54, 1.807) is 7.05 Å². The van der Waals surface area contributed by atoms with Crippen LogP contribution < -0.4 is 4.74 Å². The number of rotatable bonds is 4. The van der Waals surface area contributed by atoms with Gasteiger partial charge in [-0.15, -0.1) is 0 Å². The first kappa shape index (κ1) is 13.5. The fraction of sp³-hybridized carbons (Fsp3) is 0.308. The van der Waals surface area contributed by atoms with Crippen molar-refractivity contribution in [2.24, 2.45) is 7.05 Å². The average Bonchev–Trinajstić information content (AvgIpc) is 2.79. The smallest absolute Gasteiger partial charge is 0.263 e. The molecule has 1 aromatic heterocycles. The van der Waals surface area contributed by atoms with Crippen molar-refractivity contribution in [3.63, 3.8) is 0 Å². The summed E-state index contributed by atoms with van der Waals surface area (Å²) in [5.74, 6) is 0.452. The number of aryl methyl sites for hydroxylation is 1. The number of alkyl halides is 2. The van der Waals surface area contributed by atoms with E-state index in [9.17, 15) is 13.9 Å². The Morgan fingerprint density at radius 3 is 2.32 bits per heavy atom. The Morgan fingerprint density at radius 1 is 1.21 bits per heavy atom. The van der Waals surface area contributed by atoms with Crippen molar-refractivity contribution in [2.75, 3.05) is 7.11 Å². The zero-order chi connectivity index (χ0) is 14.0. The summed E-state index contributed by atoms with van der Waals surface area (Å²) >= 11 is 0. The molecule has 1 unspecified atom stereocenters. The number of methoxy groups -OCH3 is 1. The molecule has 1 N–H and O–H groups in total. The van der Waals surface area contributed by atoms with Crippen LogP contribution in [0.15, 0.2) is 30.5 Å². The van der Waals surface area contributed by atoms with Gasteiger partial charge >= 0.3 is 0 Å². The molecule has 4 nitrogen and oxygen atoms in total. The third kappa shape index (κ3) is 2.58. The van der Waals surface area contributed by atoms with Crippen LogP contribution in [0.1, 0.15) is 29.4 Å². The minimum absolute atomic E-state index is 0.0760. The van der Waals surface area contributed by atoms with Crippen LogP contribution >= 0.6 is 0 Å². The molecule has 1 heterocycles. The van der Waals surface area contributed by atoms with Gasteiger partial charge in [0.15, 0.2) is 5.75 Å². The van der Waals surface area contributed by atoms with Gasteiger partial charge in [0.25, 0.3) is 6.43 Å². The van der Waals surface area contributed by atoms with Gasteiger partial charge in [0.1, 0.15) is 11.8 Å². The van der Waals surface area contributed by atoms with Crippen molar-refractivity contribution in [3.05, 3.63) is 47.3 Å². The fourth-order valence-corrected chi connectivity index (χ4v) is 1.88. The van der Waals surface area contributed by atoms with Crippen molar-refractivity contribution in [1.29, 1.82) is 0 Å². The summed E-state index contributed by atoms with van der Waals surface area (Å²) in [5.41, 5.74) is 0.909. The van der Waals surface area contributed by atoms with E-state index >= 15 is 0 Å². The molecule has 0 spiro atoms. The molecule has 19 heavy (non-hydrogen) atoms. The second-order valence-electron chi connectivity index (χ2n) is 4.09. The highest BCUT2D eigenvalue weighted by Crippen LogP contribution is 2.30. The SMILES string of the molecule is COc1cnn(C)c1C(O)c1ccc(C(F)F)cc1. The Hall–Kier alpha value is -1.95. The summed E-state index contributed by atoms with van der Waals surface area (Å²) in [7, 11) is 3.15. The summed E-state index contributed by atoms with van der Waals surface area (Å²) in [4.78, 5) is 0. The second-order valence-corrected chi connectivity index (χ2v) is 4.09. The lowest BCUT2D eigenvalue weighted by molar-refractivity contribution is 0.151. The first-order chi connectivity index (χ1) is 9.04. The van der Waals surface area contributed by atoms with Crippen LogP contribution in [0, 0.1) is 0 Å². The number of nitrogens with zero attached hydrogens (tertiary/aromatic N) is 2. The molecule has 0 fully saturated rings. The summed E-state index contributed by atoms with van der Waals surface area (Å²) in [6.45, 7) is 0. The van der Waals surface area contributed by atoms with Crippen molar-refractivity contribution in [2.45, 2.75) is 12.5 Å². The maximum Gasteiger partial charge on any atom is 0.263 e. The third-order valence-corrected chi connectivity index (χ3v) is 2.93. The minimum atomic E-state index is -2.52. The standard InChI is InChI=1S/C13H14F2N2O2/c1-17-11(10(19-2)7-16-17)12(18)8-3-5-9(6-4-8)13(14)15/h3-7,12-13,18H,1-2H3. The summed E-state index contributed by atoms with van der Waals surface area (Å²) < 4.78 is 31.5. The van der Waals surface area contributed by atoms with Gasteiger partial charge in [-0.3, -0.25) is 4.68 Å². The number of aliphatic hydroxyl groups excluding tert-OH is 1. The van der Waals surface area contributed by atoms with E-state index in [0.717, 1.165) is 0 Å². The molecule has 0 amide bonds. The number of halogens is 2. The normalized spacial score (nSPS) is 12.7. The van der Waals surface area contributed by atoms with Gasteiger partial charge in [0.2, 0.25) is 0 Å². The van der Waals surface area contributed by atoms with Crippen LogP contribution in [0.2, 0.25) is 0 Å². The molecule has 1 aromatic carbocycles. The average molecular weight is 268 g/mol. The van der Waals surface area contributed by atoms with Gasteiger partial charge < -0.3 is 9.84 Å². The molecule has 1 atom stereocenters. The third-order valence-electron chi connectivity index (χ3n) is 2.93. The highest BCUT2D eigenvalue weighted by atomic mass is 19.3. The van der Waals surface area contributed by atoms with Crippen molar-refractivity contribution >= 4 is 0 Å². The molecular weight excluding hydrogens is 254 g/mol.